The molecule has 4 rings (SSSR count). The standard InChI is InChI=1S/C20H15N3O/c21-19(24)16-6-2-1-5-15(16)13-9-11-14(12-10-13)20-22-17-7-3-4-8-18(17)23-20/h1-12H,(H2,21,24)(H,22,23). The molecular formula is C20H15N3O. The fourth-order valence-corrected chi connectivity index (χ4v) is 2.85. The molecule has 0 atom stereocenters. The molecule has 0 radical (unpaired) electrons. The van der Waals surface area contributed by atoms with Gasteiger partial charge in [-0.25, -0.2) is 4.98 Å². The maximum atomic E-state index is 11.6. The summed E-state index contributed by atoms with van der Waals surface area (Å²) in [5, 5.41) is 0. The molecule has 0 aliphatic heterocycles. The third-order valence-electron chi connectivity index (χ3n) is 4.05. The monoisotopic (exact) mass is 313 g/mol. The number of carbonyl (C=O) groups excluding carboxylic acids is 1. The summed E-state index contributed by atoms with van der Waals surface area (Å²) >= 11 is 0. The van der Waals surface area contributed by atoms with Crippen LogP contribution in [0, 0.1) is 0 Å². The Kier molecular flexibility index (Phi) is 3.35. The van der Waals surface area contributed by atoms with E-state index in [1.165, 1.54) is 0 Å². The normalized spacial score (nSPS) is 10.8. The molecule has 116 valence electrons. The molecule has 0 spiro atoms. The Hall–Kier alpha value is -3.40. The average Bonchev–Trinajstić information content (AvgIpc) is 3.06. The Labute approximate surface area is 139 Å². The minimum Gasteiger partial charge on any atom is -0.366 e. The number of aromatic nitrogens is 2. The van der Waals surface area contributed by atoms with Gasteiger partial charge in [-0.1, -0.05) is 54.6 Å². The van der Waals surface area contributed by atoms with E-state index in [0.717, 1.165) is 33.5 Å². The third-order valence-corrected chi connectivity index (χ3v) is 4.05. The van der Waals surface area contributed by atoms with Crippen molar-refractivity contribution in [2.24, 2.45) is 5.73 Å². The molecule has 4 aromatic rings. The number of carbonyl (C=O) groups is 1. The zero-order valence-corrected chi connectivity index (χ0v) is 12.9. The van der Waals surface area contributed by atoms with Crippen molar-refractivity contribution in [2.45, 2.75) is 0 Å². The number of hydrogen-bond donors (Lipinski definition) is 2. The van der Waals surface area contributed by atoms with Gasteiger partial charge in [-0.2, -0.15) is 0 Å². The summed E-state index contributed by atoms with van der Waals surface area (Å²) in [5.74, 6) is 0.401. The van der Waals surface area contributed by atoms with Gasteiger partial charge in [0.2, 0.25) is 5.91 Å². The largest absolute Gasteiger partial charge is 0.366 e. The lowest BCUT2D eigenvalue weighted by molar-refractivity contribution is 0.100. The Bertz CT molecular complexity index is 999. The number of benzene rings is 3. The Morgan fingerprint density at radius 1 is 0.833 bits per heavy atom. The van der Waals surface area contributed by atoms with E-state index in [9.17, 15) is 4.79 Å². The number of nitrogens with one attached hydrogen (secondary N) is 1. The molecule has 0 saturated carbocycles. The highest BCUT2D eigenvalue weighted by Gasteiger charge is 2.10. The predicted molar refractivity (Wildman–Crippen MR) is 95.5 cm³/mol. The first kappa shape index (κ1) is 14.2. The van der Waals surface area contributed by atoms with E-state index in [4.69, 9.17) is 5.73 Å². The highest BCUT2D eigenvalue weighted by atomic mass is 16.1. The summed E-state index contributed by atoms with van der Waals surface area (Å²) in [7, 11) is 0. The van der Waals surface area contributed by atoms with E-state index in [-0.39, 0.29) is 0 Å². The van der Waals surface area contributed by atoms with Gasteiger partial charge in [-0.05, 0) is 29.3 Å². The van der Waals surface area contributed by atoms with Gasteiger partial charge < -0.3 is 10.7 Å². The number of amides is 1. The van der Waals surface area contributed by atoms with Crippen LogP contribution in [-0.4, -0.2) is 15.9 Å². The minimum absolute atomic E-state index is 0.424. The minimum atomic E-state index is -0.424. The number of rotatable bonds is 3. The maximum Gasteiger partial charge on any atom is 0.249 e. The molecule has 4 heteroatoms. The SMILES string of the molecule is NC(=O)c1ccccc1-c1ccc(-c2nc3ccccc3[nH]2)cc1. The summed E-state index contributed by atoms with van der Waals surface area (Å²) in [6, 6.07) is 23.2. The highest BCUT2D eigenvalue weighted by molar-refractivity contribution is 5.99. The second kappa shape index (κ2) is 5.66. The van der Waals surface area contributed by atoms with Crippen LogP contribution in [0.2, 0.25) is 0 Å². The first-order chi connectivity index (χ1) is 11.7. The van der Waals surface area contributed by atoms with E-state index < -0.39 is 5.91 Å². The van der Waals surface area contributed by atoms with Crippen LogP contribution in [0.3, 0.4) is 0 Å². The van der Waals surface area contributed by atoms with Crippen LogP contribution < -0.4 is 5.73 Å². The summed E-state index contributed by atoms with van der Waals surface area (Å²) in [5.41, 5.74) is 10.7. The van der Waals surface area contributed by atoms with Crippen LogP contribution in [0.5, 0.6) is 0 Å². The van der Waals surface area contributed by atoms with Crippen LogP contribution in [0.4, 0.5) is 0 Å². The lowest BCUT2D eigenvalue weighted by atomic mass is 9.98. The van der Waals surface area contributed by atoms with Crippen LogP contribution in [0.15, 0.2) is 72.8 Å². The van der Waals surface area contributed by atoms with Gasteiger partial charge in [0.25, 0.3) is 0 Å². The zero-order chi connectivity index (χ0) is 16.5. The van der Waals surface area contributed by atoms with Crippen molar-refractivity contribution >= 4 is 16.9 Å². The summed E-state index contributed by atoms with van der Waals surface area (Å²) in [6.45, 7) is 0. The van der Waals surface area contributed by atoms with Crippen molar-refractivity contribution in [1.82, 2.24) is 9.97 Å². The van der Waals surface area contributed by atoms with E-state index in [1.54, 1.807) is 6.07 Å². The number of nitrogens with two attached hydrogens (primary N) is 1. The van der Waals surface area contributed by atoms with Gasteiger partial charge in [-0.15, -0.1) is 0 Å². The fourth-order valence-electron chi connectivity index (χ4n) is 2.85. The van der Waals surface area contributed by atoms with E-state index in [1.807, 2.05) is 66.7 Å². The molecule has 4 nitrogen and oxygen atoms in total. The lowest BCUT2D eigenvalue weighted by Crippen LogP contribution is -2.12. The van der Waals surface area contributed by atoms with Crippen LogP contribution in [-0.2, 0) is 0 Å². The molecule has 1 heterocycles. The number of hydrogen-bond acceptors (Lipinski definition) is 2. The maximum absolute atomic E-state index is 11.6. The molecule has 0 aliphatic rings. The smallest absolute Gasteiger partial charge is 0.249 e. The number of para-hydroxylation sites is 2. The predicted octanol–water partition coefficient (Wildman–Crippen LogP) is 4.00. The first-order valence-electron chi connectivity index (χ1n) is 7.67. The van der Waals surface area contributed by atoms with E-state index in [0.29, 0.717) is 5.56 Å². The molecule has 3 aromatic carbocycles. The van der Waals surface area contributed by atoms with E-state index >= 15 is 0 Å². The summed E-state index contributed by atoms with van der Waals surface area (Å²) in [6.07, 6.45) is 0. The van der Waals surface area contributed by atoms with Crippen molar-refractivity contribution in [3.8, 4) is 22.5 Å². The number of imidazole rings is 1. The summed E-state index contributed by atoms with van der Waals surface area (Å²) in [4.78, 5) is 19.5. The summed E-state index contributed by atoms with van der Waals surface area (Å²) < 4.78 is 0. The number of nitrogens with zero attached hydrogens (tertiary/aromatic N) is 1. The molecule has 3 N–H and O–H groups in total. The van der Waals surface area contributed by atoms with Gasteiger partial charge in [-0.3, -0.25) is 4.79 Å². The van der Waals surface area contributed by atoms with Gasteiger partial charge in [0.05, 0.1) is 11.0 Å². The van der Waals surface area contributed by atoms with Crippen molar-refractivity contribution in [3.05, 3.63) is 78.4 Å². The molecular weight excluding hydrogens is 298 g/mol. The Balaban J connectivity index is 1.74. The van der Waals surface area contributed by atoms with Gasteiger partial charge in [0.1, 0.15) is 5.82 Å². The van der Waals surface area contributed by atoms with Gasteiger partial charge in [0, 0.05) is 11.1 Å². The molecule has 0 aliphatic carbocycles. The van der Waals surface area contributed by atoms with Gasteiger partial charge >= 0.3 is 0 Å². The van der Waals surface area contributed by atoms with Gasteiger partial charge in [0.15, 0.2) is 0 Å². The molecule has 0 fully saturated rings. The van der Waals surface area contributed by atoms with Crippen LogP contribution >= 0.6 is 0 Å². The third kappa shape index (κ3) is 2.44. The number of fused-ring (bicyclic) bond motifs is 1. The molecule has 1 amide bonds. The second-order valence-corrected chi connectivity index (χ2v) is 5.59. The molecule has 0 unspecified atom stereocenters. The lowest BCUT2D eigenvalue weighted by Gasteiger charge is -2.07. The van der Waals surface area contributed by atoms with Crippen molar-refractivity contribution in [2.75, 3.05) is 0 Å². The number of primary amides is 1. The highest BCUT2D eigenvalue weighted by Crippen LogP contribution is 2.27. The molecule has 0 bridgehead atoms. The van der Waals surface area contributed by atoms with Crippen molar-refractivity contribution in [3.63, 3.8) is 0 Å². The second-order valence-electron chi connectivity index (χ2n) is 5.59. The van der Waals surface area contributed by atoms with Crippen molar-refractivity contribution in [1.29, 1.82) is 0 Å². The zero-order valence-electron chi connectivity index (χ0n) is 12.9. The van der Waals surface area contributed by atoms with Crippen LogP contribution in [0.25, 0.3) is 33.5 Å². The molecule has 0 saturated heterocycles. The van der Waals surface area contributed by atoms with Crippen LogP contribution in [0.1, 0.15) is 10.4 Å². The quantitative estimate of drug-likeness (QED) is 0.600. The number of H-pyrrole nitrogens is 1. The average molecular weight is 313 g/mol. The molecule has 1 aromatic heterocycles. The first-order valence-corrected chi connectivity index (χ1v) is 7.67. The fraction of sp³-hybridized carbons (Fsp3) is 0. The van der Waals surface area contributed by atoms with Crippen molar-refractivity contribution < 1.29 is 4.79 Å². The topological polar surface area (TPSA) is 71.8 Å². The Morgan fingerprint density at radius 2 is 1.50 bits per heavy atom. The number of aromatic amines is 1. The van der Waals surface area contributed by atoms with E-state index in [2.05, 4.69) is 9.97 Å². The molecule has 24 heavy (non-hydrogen) atoms. The Morgan fingerprint density at radius 3 is 2.25 bits per heavy atom.